The minimum atomic E-state index is 0.0754. The van der Waals surface area contributed by atoms with E-state index in [1.807, 2.05) is 13.0 Å². The van der Waals surface area contributed by atoms with Gasteiger partial charge in [0, 0.05) is 23.0 Å². The van der Waals surface area contributed by atoms with Gasteiger partial charge >= 0.3 is 0 Å². The maximum atomic E-state index is 6.01. The number of nitrogens with zero attached hydrogens (tertiary/aromatic N) is 1. The number of aromatic nitrogens is 1. The van der Waals surface area contributed by atoms with Crippen LogP contribution < -0.4 is 11.1 Å². The van der Waals surface area contributed by atoms with Crippen LogP contribution in [0.5, 0.6) is 0 Å². The highest BCUT2D eigenvalue weighted by Gasteiger charge is 2.21. The van der Waals surface area contributed by atoms with Crippen LogP contribution in [0.3, 0.4) is 0 Å². The van der Waals surface area contributed by atoms with Crippen molar-refractivity contribution in [2.45, 2.75) is 26.2 Å². The van der Waals surface area contributed by atoms with Gasteiger partial charge in [-0.2, -0.15) is 0 Å². The van der Waals surface area contributed by atoms with E-state index in [1.54, 1.807) is 17.5 Å². The normalized spacial score (nSPS) is 11.5. The Balaban J connectivity index is 2.10. The number of hydrogen-bond acceptors (Lipinski definition) is 4. The summed E-state index contributed by atoms with van der Waals surface area (Å²) < 4.78 is 0. The average Bonchev–Trinajstić information content (AvgIpc) is 2.85. The Morgan fingerprint density at radius 1 is 1.39 bits per heavy atom. The first kappa shape index (κ1) is 12.9. The number of anilines is 2. The molecule has 18 heavy (non-hydrogen) atoms. The average molecular weight is 261 g/mol. The summed E-state index contributed by atoms with van der Waals surface area (Å²) in [7, 11) is 0. The fourth-order valence-electron chi connectivity index (χ4n) is 1.77. The molecule has 0 fully saturated rings. The Labute approximate surface area is 112 Å². The third kappa shape index (κ3) is 2.64. The second-order valence-electron chi connectivity index (χ2n) is 5.10. The fourth-order valence-corrected chi connectivity index (χ4v) is 2.62. The minimum absolute atomic E-state index is 0.0754. The second-order valence-corrected chi connectivity index (χ2v) is 6.05. The van der Waals surface area contributed by atoms with E-state index in [2.05, 4.69) is 41.7 Å². The largest absolute Gasteiger partial charge is 0.396 e. The maximum absolute atomic E-state index is 6.01. The van der Waals surface area contributed by atoms with Gasteiger partial charge in [0.15, 0.2) is 0 Å². The van der Waals surface area contributed by atoms with Crippen molar-refractivity contribution in [2.24, 2.45) is 0 Å². The van der Waals surface area contributed by atoms with Crippen LogP contribution in [0.2, 0.25) is 0 Å². The van der Waals surface area contributed by atoms with E-state index < -0.39 is 0 Å². The molecule has 0 aliphatic carbocycles. The molecule has 0 bridgehead atoms. The number of thiophene rings is 1. The Kier molecular flexibility index (Phi) is 3.57. The van der Waals surface area contributed by atoms with Gasteiger partial charge in [-0.05, 0) is 30.0 Å². The van der Waals surface area contributed by atoms with E-state index in [0.717, 1.165) is 23.6 Å². The number of nitrogens with one attached hydrogen (secondary N) is 1. The molecule has 0 aliphatic heterocycles. The molecule has 2 aromatic heterocycles. The number of rotatable bonds is 4. The second kappa shape index (κ2) is 4.98. The SMILES string of the molecule is Cc1ccnc(NCC(C)(C)c2cccs2)c1N. The van der Waals surface area contributed by atoms with Gasteiger partial charge in [0.25, 0.3) is 0 Å². The van der Waals surface area contributed by atoms with Gasteiger partial charge in [-0.1, -0.05) is 19.9 Å². The van der Waals surface area contributed by atoms with E-state index in [4.69, 9.17) is 5.73 Å². The Morgan fingerprint density at radius 2 is 2.17 bits per heavy atom. The Hall–Kier alpha value is -1.55. The molecule has 0 spiro atoms. The predicted octanol–water partition coefficient (Wildman–Crippen LogP) is 3.42. The molecule has 96 valence electrons. The molecule has 0 saturated carbocycles. The summed E-state index contributed by atoms with van der Waals surface area (Å²) in [6.45, 7) is 7.25. The van der Waals surface area contributed by atoms with Crippen LogP contribution in [0, 0.1) is 6.92 Å². The van der Waals surface area contributed by atoms with Gasteiger partial charge in [0.05, 0.1) is 5.69 Å². The van der Waals surface area contributed by atoms with Crippen LogP contribution in [0.1, 0.15) is 24.3 Å². The highest BCUT2D eigenvalue weighted by Crippen LogP contribution is 2.28. The molecule has 0 amide bonds. The van der Waals surface area contributed by atoms with Crippen LogP contribution in [0.25, 0.3) is 0 Å². The van der Waals surface area contributed by atoms with E-state index >= 15 is 0 Å². The summed E-state index contributed by atoms with van der Waals surface area (Å²) in [6, 6.07) is 6.17. The summed E-state index contributed by atoms with van der Waals surface area (Å²) in [4.78, 5) is 5.65. The summed E-state index contributed by atoms with van der Waals surface area (Å²) in [5, 5.41) is 5.46. The third-order valence-corrected chi connectivity index (χ3v) is 4.33. The van der Waals surface area contributed by atoms with Gasteiger partial charge in [-0.3, -0.25) is 0 Å². The highest BCUT2D eigenvalue weighted by molar-refractivity contribution is 7.10. The van der Waals surface area contributed by atoms with Crippen molar-refractivity contribution in [3.63, 3.8) is 0 Å². The summed E-state index contributed by atoms with van der Waals surface area (Å²) in [5.74, 6) is 0.777. The molecule has 0 aromatic carbocycles. The first-order valence-corrected chi connectivity index (χ1v) is 6.87. The van der Waals surface area contributed by atoms with Crippen molar-refractivity contribution in [1.29, 1.82) is 0 Å². The lowest BCUT2D eigenvalue weighted by atomic mass is 9.91. The first-order valence-electron chi connectivity index (χ1n) is 5.99. The van der Waals surface area contributed by atoms with E-state index in [-0.39, 0.29) is 5.41 Å². The Morgan fingerprint density at radius 3 is 2.83 bits per heavy atom. The maximum Gasteiger partial charge on any atom is 0.149 e. The third-order valence-electron chi connectivity index (χ3n) is 3.09. The molecule has 3 nitrogen and oxygen atoms in total. The summed E-state index contributed by atoms with van der Waals surface area (Å²) in [6.07, 6.45) is 1.78. The standard InChI is InChI=1S/C14H19N3S/c1-10-6-7-16-13(12(10)15)17-9-14(2,3)11-5-4-8-18-11/h4-8H,9,15H2,1-3H3,(H,16,17). The van der Waals surface area contributed by atoms with Crippen LogP contribution in [0.15, 0.2) is 29.8 Å². The molecular weight excluding hydrogens is 242 g/mol. The number of nitrogen functional groups attached to an aromatic ring is 1. The van der Waals surface area contributed by atoms with Gasteiger partial charge in [0.1, 0.15) is 5.82 Å². The van der Waals surface area contributed by atoms with Gasteiger partial charge in [-0.25, -0.2) is 4.98 Å². The topological polar surface area (TPSA) is 50.9 Å². The van der Waals surface area contributed by atoms with Gasteiger partial charge < -0.3 is 11.1 Å². The van der Waals surface area contributed by atoms with Crippen molar-refractivity contribution in [3.05, 3.63) is 40.2 Å². The van der Waals surface area contributed by atoms with Crippen LogP contribution in [-0.4, -0.2) is 11.5 Å². The molecule has 2 aromatic rings. The zero-order valence-corrected chi connectivity index (χ0v) is 11.8. The van der Waals surface area contributed by atoms with Crippen LogP contribution >= 0.6 is 11.3 Å². The molecule has 0 atom stereocenters. The monoisotopic (exact) mass is 261 g/mol. The van der Waals surface area contributed by atoms with Crippen molar-refractivity contribution < 1.29 is 0 Å². The van der Waals surface area contributed by atoms with Crippen LogP contribution in [-0.2, 0) is 5.41 Å². The lowest BCUT2D eigenvalue weighted by Crippen LogP contribution is -2.27. The van der Waals surface area contributed by atoms with Crippen molar-refractivity contribution in [2.75, 3.05) is 17.6 Å². The zero-order valence-electron chi connectivity index (χ0n) is 11.0. The molecule has 2 rings (SSSR count). The fraction of sp³-hybridized carbons (Fsp3) is 0.357. The lowest BCUT2D eigenvalue weighted by Gasteiger charge is -2.24. The van der Waals surface area contributed by atoms with Crippen molar-refractivity contribution in [1.82, 2.24) is 4.98 Å². The number of pyridine rings is 1. The van der Waals surface area contributed by atoms with Crippen molar-refractivity contribution >= 4 is 22.8 Å². The first-order chi connectivity index (χ1) is 8.50. The number of hydrogen-bond donors (Lipinski definition) is 2. The quantitative estimate of drug-likeness (QED) is 0.886. The van der Waals surface area contributed by atoms with Crippen molar-refractivity contribution in [3.8, 4) is 0 Å². The molecule has 0 aliphatic rings. The summed E-state index contributed by atoms with van der Waals surface area (Å²) in [5.41, 5.74) is 7.88. The smallest absolute Gasteiger partial charge is 0.149 e. The minimum Gasteiger partial charge on any atom is -0.396 e. The highest BCUT2D eigenvalue weighted by atomic mass is 32.1. The van der Waals surface area contributed by atoms with E-state index in [0.29, 0.717) is 0 Å². The number of aryl methyl sites for hydroxylation is 1. The predicted molar refractivity (Wildman–Crippen MR) is 79.2 cm³/mol. The van der Waals surface area contributed by atoms with Gasteiger partial charge in [0.2, 0.25) is 0 Å². The molecule has 3 N–H and O–H groups in total. The molecule has 0 radical (unpaired) electrons. The molecule has 0 saturated heterocycles. The van der Waals surface area contributed by atoms with Crippen LogP contribution in [0.4, 0.5) is 11.5 Å². The Bertz CT molecular complexity index is 518. The van der Waals surface area contributed by atoms with E-state index in [9.17, 15) is 0 Å². The zero-order chi connectivity index (χ0) is 13.2. The van der Waals surface area contributed by atoms with E-state index in [1.165, 1.54) is 4.88 Å². The summed E-state index contributed by atoms with van der Waals surface area (Å²) >= 11 is 1.78. The number of nitrogens with two attached hydrogens (primary N) is 1. The lowest BCUT2D eigenvalue weighted by molar-refractivity contribution is 0.568. The molecule has 0 unspecified atom stereocenters. The van der Waals surface area contributed by atoms with Gasteiger partial charge in [-0.15, -0.1) is 11.3 Å². The molecule has 2 heterocycles. The molecular formula is C14H19N3S. The molecule has 4 heteroatoms.